The molecule has 0 aromatic carbocycles. The SMILES string of the molecule is O=C(c1ccccn1)N1CCC2(CC1)CCN(Cc1ccccn1)C2=O. The molecule has 0 bridgehead atoms. The second kappa shape index (κ2) is 6.86. The lowest BCUT2D eigenvalue weighted by molar-refractivity contribution is -0.138. The summed E-state index contributed by atoms with van der Waals surface area (Å²) in [6.45, 7) is 2.55. The summed E-state index contributed by atoms with van der Waals surface area (Å²) in [5.41, 5.74) is 1.08. The molecule has 0 N–H and O–H groups in total. The number of hydrogen-bond acceptors (Lipinski definition) is 4. The molecule has 134 valence electrons. The van der Waals surface area contributed by atoms with Crippen molar-refractivity contribution in [2.24, 2.45) is 5.41 Å². The number of hydrogen-bond donors (Lipinski definition) is 0. The highest BCUT2D eigenvalue weighted by atomic mass is 16.2. The fourth-order valence-electron chi connectivity index (χ4n) is 3.98. The van der Waals surface area contributed by atoms with Crippen LogP contribution in [0.25, 0.3) is 0 Å². The summed E-state index contributed by atoms with van der Waals surface area (Å²) in [7, 11) is 0. The van der Waals surface area contributed by atoms with Crippen LogP contribution in [0, 0.1) is 5.41 Å². The largest absolute Gasteiger partial charge is 0.337 e. The zero-order chi connectivity index (χ0) is 18.0. The van der Waals surface area contributed by atoms with Gasteiger partial charge in [-0.3, -0.25) is 19.6 Å². The third-order valence-electron chi connectivity index (χ3n) is 5.57. The molecule has 2 saturated heterocycles. The van der Waals surface area contributed by atoms with Crippen molar-refractivity contribution >= 4 is 11.8 Å². The first-order chi connectivity index (χ1) is 12.7. The molecule has 2 aromatic rings. The predicted octanol–water partition coefficient (Wildman–Crippen LogP) is 2.13. The van der Waals surface area contributed by atoms with Crippen molar-refractivity contribution in [2.45, 2.75) is 25.8 Å². The van der Waals surface area contributed by atoms with E-state index in [9.17, 15) is 9.59 Å². The van der Waals surface area contributed by atoms with E-state index < -0.39 is 0 Å². The Balaban J connectivity index is 1.39. The van der Waals surface area contributed by atoms with E-state index >= 15 is 0 Å². The van der Waals surface area contributed by atoms with E-state index in [1.54, 1.807) is 24.5 Å². The fraction of sp³-hybridized carbons (Fsp3) is 0.400. The number of carbonyl (C=O) groups excluding carboxylic acids is 2. The molecular weight excluding hydrogens is 328 g/mol. The maximum absolute atomic E-state index is 13.0. The van der Waals surface area contributed by atoms with E-state index in [0.717, 1.165) is 31.5 Å². The Labute approximate surface area is 152 Å². The maximum Gasteiger partial charge on any atom is 0.272 e. The van der Waals surface area contributed by atoms with Crippen LogP contribution in [0.5, 0.6) is 0 Å². The van der Waals surface area contributed by atoms with E-state index in [2.05, 4.69) is 9.97 Å². The van der Waals surface area contributed by atoms with Crippen LogP contribution in [0.2, 0.25) is 0 Å². The summed E-state index contributed by atoms with van der Waals surface area (Å²) >= 11 is 0. The minimum Gasteiger partial charge on any atom is -0.337 e. The van der Waals surface area contributed by atoms with Gasteiger partial charge in [-0.1, -0.05) is 12.1 Å². The molecule has 2 aliphatic rings. The molecule has 4 heterocycles. The minimum atomic E-state index is -0.310. The summed E-state index contributed by atoms with van der Waals surface area (Å²) in [6.07, 6.45) is 5.71. The van der Waals surface area contributed by atoms with Gasteiger partial charge in [-0.15, -0.1) is 0 Å². The molecule has 0 radical (unpaired) electrons. The van der Waals surface area contributed by atoms with Crippen molar-refractivity contribution in [1.82, 2.24) is 19.8 Å². The fourth-order valence-corrected chi connectivity index (χ4v) is 3.98. The third-order valence-corrected chi connectivity index (χ3v) is 5.57. The topological polar surface area (TPSA) is 66.4 Å². The molecule has 26 heavy (non-hydrogen) atoms. The number of nitrogens with zero attached hydrogens (tertiary/aromatic N) is 4. The summed E-state index contributed by atoms with van der Waals surface area (Å²) in [6, 6.07) is 11.1. The average molecular weight is 350 g/mol. The lowest BCUT2D eigenvalue weighted by atomic mass is 9.77. The second-order valence-corrected chi connectivity index (χ2v) is 7.09. The zero-order valence-electron chi connectivity index (χ0n) is 14.7. The van der Waals surface area contributed by atoms with Gasteiger partial charge in [0.15, 0.2) is 0 Å². The number of amides is 2. The van der Waals surface area contributed by atoms with Crippen LogP contribution in [0.3, 0.4) is 0 Å². The highest BCUT2D eigenvalue weighted by molar-refractivity contribution is 5.92. The molecule has 1 spiro atoms. The van der Waals surface area contributed by atoms with Crippen molar-refractivity contribution < 1.29 is 9.59 Å². The number of carbonyl (C=O) groups is 2. The van der Waals surface area contributed by atoms with Crippen LogP contribution < -0.4 is 0 Å². The van der Waals surface area contributed by atoms with Gasteiger partial charge in [0.2, 0.25) is 5.91 Å². The predicted molar refractivity (Wildman–Crippen MR) is 96.1 cm³/mol. The van der Waals surface area contributed by atoms with Gasteiger partial charge in [0.1, 0.15) is 5.69 Å². The van der Waals surface area contributed by atoms with Gasteiger partial charge >= 0.3 is 0 Å². The van der Waals surface area contributed by atoms with Crippen molar-refractivity contribution in [3.05, 3.63) is 60.2 Å². The lowest BCUT2D eigenvalue weighted by Gasteiger charge is -2.37. The number of rotatable bonds is 3. The van der Waals surface area contributed by atoms with Crippen LogP contribution in [0.15, 0.2) is 48.8 Å². The van der Waals surface area contributed by atoms with E-state index in [1.165, 1.54) is 0 Å². The molecule has 4 rings (SSSR count). The molecule has 0 saturated carbocycles. The molecule has 6 nitrogen and oxygen atoms in total. The second-order valence-electron chi connectivity index (χ2n) is 7.09. The zero-order valence-corrected chi connectivity index (χ0v) is 14.7. The molecule has 2 amide bonds. The molecule has 0 unspecified atom stereocenters. The van der Waals surface area contributed by atoms with Gasteiger partial charge in [0.05, 0.1) is 17.7 Å². The van der Waals surface area contributed by atoms with Gasteiger partial charge in [-0.05, 0) is 43.5 Å². The van der Waals surface area contributed by atoms with Gasteiger partial charge in [-0.25, -0.2) is 0 Å². The number of pyridine rings is 2. The first-order valence-corrected chi connectivity index (χ1v) is 9.08. The van der Waals surface area contributed by atoms with E-state index in [-0.39, 0.29) is 17.2 Å². The van der Waals surface area contributed by atoms with Crippen LogP contribution in [-0.4, -0.2) is 51.2 Å². The van der Waals surface area contributed by atoms with Crippen LogP contribution in [-0.2, 0) is 11.3 Å². The molecule has 2 aromatic heterocycles. The number of likely N-dealkylation sites (tertiary alicyclic amines) is 2. The van der Waals surface area contributed by atoms with E-state index in [4.69, 9.17) is 0 Å². The Morgan fingerprint density at radius 3 is 2.31 bits per heavy atom. The number of aromatic nitrogens is 2. The first kappa shape index (κ1) is 16.7. The standard InChI is InChI=1S/C20H22N4O2/c25-18(17-6-2-4-11-22-17)23-12-7-20(8-13-23)9-14-24(19(20)26)15-16-5-1-3-10-21-16/h1-6,10-11H,7-9,12-15H2. The van der Waals surface area contributed by atoms with Gasteiger partial charge in [0, 0.05) is 32.0 Å². The van der Waals surface area contributed by atoms with Crippen molar-refractivity contribution in [3.8, 4) is 0 Å². The molecule has 0 atom stereocenters. The van der Waals surface area contributed by atoms with Gasteiger partial charge < -0.3 is 9.80 Å². The highest BCUT2D eigenvalue weighted by Crippen LogP contribution is 2.42. The molecule has 6 heteroatoms. The summed E-state index contributed by atoms with van der Waals surface area (Å²) in [5.74, 6) is 0.171. The van der Waals surface area contributed by atoms with Crippen molar-refractivity contribution in [2.75, 3.05) is 19.6 Å². The maximum atomic E-state index is 13.0. The third kappa shape index (κ3) is 3.07. The first-order valence-electron chi connectivity index (χ1n) is 9.08. The Morgan fingerprint density at radius 1 is 0.962 bits per heavy atom. The molecular formula is C20H22N4O2. The smallest absolute Gasteiger partial charge is 0.272 e. The van der Waals surface area contributed by atoms with Gasteiger partial charge in [-0.2, -0.15) is 0 Å². The van der Waals surface area contributed by atoms with Gasteiger partial charge in [0.25, 0.3) is 5.91 Å². The molecule has 0 aliphatic carbocycles. The monoisotopic (exact) mass is 350 g/mol. The van der Waals surface area contributed by atoms with Crippen LogP contribution in [0.4, 0.5) is 0 Å². The summed E-state index contributed by atoms with van der Waals surface area (Å²) in [5, 5.41) is 0. The Bertz CT molecular complexity index is 786. The minimum absolute atomic E-state index is 0.0452. The highest BCUT2D eigenvalue weighted by Gasteiger charge is 2.48. The van der Waals surface area contributed by atoms with Crippen molar-refractivity contribution in [1.29, 1.82) is 0 Å². The Morgan fingerprint density at radius 2 is 1.65 bits per heavy atom. The average Bonchev–Trinajstić information content (AvgIpc) is 2.99. The summed E-state index contributed by atoms with van der Waals surface area (Å²) in [4.78, 5) is 37.8. The quantitative estimate of drug-likeness (QED) is 0.851. The normalized spacial score (nSPS) is 19.2. The Hall–Kier alpha value is -2.76. The van der Waals surface area contributed by atoms with Crippen molar-refractivity contribution in [3.63, 3.8) is 0 Å². The molecule has 2 aliphatic heterocycles. The van der Waals surface area contributed by atoms with Crippen LogP contribution in [0.1, 0.15) is 35.4 Å². The van der Waals surface area contributed by atoms with E-state index in [1.807, 2.05) is 34.1 Å². The Kier molecular flexibility index (Phi) is 4.41. The van der Waals surface area contributed by atoms with E-state index in [0.29, 0.717) is 25.3 Å². The summed E-state index contributed by atoms with van der Waals surface area (Å²) < 4.78 is 0. The van der Waals surface area contributed by atoms with Crippen LogP contribution >= 0.6 is 0 Å². The lowest BCUT2D eigenvalue weighted by Crippen LogP contribution is -2.46. The number of piperidine rings is 1. The molecule has 2 fully saturated rings.